The summed E-state index contributed by atoms with van der Waals surface area (Å²) in [5, 5.41) is 16.0. The number of hydrogen-bond acceptors (Lipinski definition) is 14. The SMILES string of the molecule is CC[C@H]1CCC[C@H](O[C@H]2CC[C@H](N(C)C)C(C)O2)[C@@H](C)C(=O)C2=C[C@H]3[C@@H]4C[C@H](O[C@@H]5OC(C)[C@H](OC)C(OC)C5OC)C[C@H]4[C@@H](O)[C@H](NCCOC)[C@H]3[C@@H]2CC(=O)O1. The average Bonchev–Trinajstić information content (AvgIpc) is 3.78. The van der Waals surface area contributed by atoms with Gasteiger partial charge in [-0.25, -0.2) is 0 Å². The van der Waals surface area contributed by atoms with Crippen LogP contribution in [0.3, 0.4) is 0 Å². The van der Waals surface area contributed by atoms with Crippen molar-refractivity contribution in [2.75, 3.05) is 55.7 Å². The van der Waals surface area contributed by atoms with E-state index in [0.717, 1.165) is 19.3 Å². The van der Waals surface area contributed by atoms with Crippen molar-refractivity contribution in [3.63, 3.8) is 0 Å². The van der Waals surface area contributed by atoms with Gasteiger partial charge in [-0.05, 0) is 109 Å². The van der Waals surface area contributed by atoms with Crippen LogP contribution < -0.4 is 5.32 Å². The van der Waals surface area contributed by atoms with E-state index in [4.69, 9.17) is 42.6 Å². The van der Waals surface area contributed by atoms with Crippen LogP contribution in [0.15, 0.2) is 11.6 Å². The molecule has 0 bridgehead atoms. The van der Waals surface area contributed by atoms with Gasteiger partial charge >= 0.3 is 5.97 Å². The van der Waals surface area contributed by atoms with E-state index in [9.17, 15) is 9.90 Å². The molecule has 5 fully saturated rings. The summed E-state index contributed by atoms with van der Waals surface area (Å²) in [5.41, 5.74) is 0.653. The van der Waals surface area contributed by atoms with Crippen molar-refractivity contribution in [1.82, 2.24) is 10.2 Å². The number of esters is 1. The molecular weight excluding hydrogens is 748 g/mol. The van der Waals surface area contributed by atoms with Crippen LogP contribution in [0.25, 0.3) is 0 Å². The maximum Gasteiger partial charge on any atom is 0.306 e. The molecule has 4 unspecified atom stereocenters. The first kappa shape index (κ1) is 46.0. The Morgan fingerprint density at radius 2 is 1.60 bits per heavy atom. The molecule has 3 aliphatic heterocycles. The van der Waals surface area contributed by atoms with Gasteiger partial charge in [0.25, 0.3) is 0 Å². The van der Waals surface area contributed by atoms with E-state index in [1.54, 1.807) is 28.4 Å². The number of cyclic esters (lactones) is 1. The molecule has 19 atom stereocenters. The number of likely N-dealkylation sites (N-methyl/N-ethyl adjacent to an activating group) is 1. The van der Waals surface area contributed by atoms with E-state index < -0.39 is 48.8 Å². The predicted octanol–water partition coefficient (Wildman–Crippen LogP) is 3.90. The van der Waals surface area contributed by atoms with Crippen LogP contribution >= 0.6 is 0 Å². The fourth-order valence-corrected chi connectivity index (χ4v) is 11.6. The molecule has 2 N–H and O–H groups in total. The normalized spacial score (nSPS) is 45.1. The van der Waals surface area contributed by atoms with Gasteiger partial charge in [0.15, 0.2) is 18.4 Å². The van der Waals surface area contributed by atoms with Crippen LogP contribution in [0.4, 0.5) is 0 Å². The Hall–Kier alpha value is -1.56. The summed E-state index contributed by atoms with van der Waals surface area (Å²) in [5.74, 6) is -1.63. The van der Waals surface area contributed by atoms with Crippen molar-refractivity contribution in [1.29, 1.82) is 0 Å². The van der Waals surface area contributed by atoms with Crippen molar-refractivity contribution in [3.05, 3.63) is 11.6 Å². The molecule has 14 nitrogen and oxygen atoms in total. The number of rotatable bonds is 13. The van der Waals surface area contributed by atoms with Gasteiger partial charge in [-0.3, -0.25) is 9.59 Å². The number of nitrogens with zero attached hydrogens (tertiary/aromatic N) is 1. The minimum Gasteiger partial charge on any atom is -0.462 e. The van der Waals surface area contributed by atoms with Gasteiger partial charge in [-0.15, -0.1) is 0 Å². The molecule has 6 rings (SSSR count). The number of fused-ring (bicyclic) bond motifs is 5. The largest absolute Gasteiger partial charge is 0.462 e. The summed E-state index contributed by atoms with van der Waals surface area (Å²) in [4.78, 5) is 31.1. The van der Waals surface area contributed by atoms with Crippen LogP contribution in [-0.2, 0) is 52.2 Å². The summed E-state index contributed by atoms with van der Waals surface area (Å²) in [7, 11) is 10.7. The molecule has 332 valence electrons. The van der Waals surface area contributed by atoms with Crippen LogP contribution in [0, 0.1) is 35.5 Å². The lowest BCUT2D eigenvalue weighted by molar-refractivity contribution is -0.314. The molecule has 58 heavy (non-hydrogen) atoms. The van der Waals surface area contributed by atoms with Crippen LogP contribution in [0.1, 0.15) is 85.5 Å². The van der Waals surface area contributed by atoms with E-state index in [0.29, 0.717) is 56.9 Å². The Morgan fingerprint density at radius 1 is 0.879 bits per heavy atom. The zero-order valence-electron chi connectivity index (χ0n) is 36.7. The molecule has 0 aromatic rings. The standard InChI is InChI=1S/C44H74N2O12/c1-11-26-13-12-14-34(58-36-16-15-33(46(5)6)24(3)54-36)23(2)39(48)32-21-29-28-19-27(57-44-43(53-10)42(52-9)41(51-8)25(4)55-44)20-31(28)40(49)38(45-17-18-50-7)37(29)30(32)22-35(47)56-26/h21,23-31,33-34,36-38,40-45,49H,11-20,22H2,1-10H3/t23-,24?,25?,26+,27+,28+,29+,30-,31-,33+,34+,36+,37-,38-,40-,41+,42?,43?,44+/m1/s1. The van der Waals surface area contributed by atoms with Gasteiger partial charge in [0.1, 0.15) is 24.4 Å². The Kier molecular flexibility index (Phi) is 16.3. The molecular formula is C44H74N2O12. The maximum absolute atomic E-state index is 15.0. The second-order valence-electron chi connectivity index (χ2n) is 18.1. The highest BCUT2D eigenvalue weighted by atomic mass is 16.7. The summed E-state index contributed by atoms with van der Waals surface area (Å²) in [6, 6.07) is -0.0878. The summed E-state index contributed by atoms with van der Waals surface area (Å²) >= 11 is 0. The fourth-order valence-electron chi connectivity index (χ4n) is 11.6. The number of methoxy groups -OCH3 is 4. The Balaban J connectivity index is 1.30. The second kappa shape index (κ2) is 20.5. The third kappa shape index (κ3) is 9.72. The highest BCUT2D eigenvalue weighted by Crippen LogP contribution is 2.57. The third-order valence-corrected chi connectivity index (χ3v) is 14.6. The van der Waals surface area contributed by atoms with E-state index >= 15 is 4.79 Å². The quantitative estimate of drug-likeness (QED) is 0.204. The zero-order valence-corrected chi connectivity index (χ0v) is 36.7. The number of ether oxygens (including phenoxy) is 9. The number of ketones is 1. The number of aliphatic hydroxyl groups excluding tert-OH is 1. The first-order chi connectivity index (χ1) is 27.8. The highest BCUT2D eigenvalue weighted by Gasteiger charge is 2.59. The number of aliphatic hydroxyl groups is 1. The van der Waals surface area contributed by atoms with Crippen LogP contribution in [-0.4, -0.2) is 157 Å². The first-order valence-electron chi connectivity index (χ1n) is 22.1. The average molecular weight is 823 g/mol. The van der Waals surface area contributed by atoms with E-state index in [2.05, 4.69) is 37.3 Å². The molecule has 0 radical (unpaired) electrons. The smallest absolute Gasteiger partial charge is 0.306 e. The molecule has 2 saturated carbocycles. The fraction of sp³-hybridized carbons (Fsp3) is 0.909. The zero-order chi connectivity index (χ0) is 41.8. The van der Waals surface area contributed by atoms with Gasteiger partial charge in [-0.1, -0.05) is 19.9 Å². The lowest BCUT2D eigenvalue weighted by Gasteiger charge is -2.47. The Morgan fingerprint density at radius 3 is 2.26 bits per heavy atom. The number of carbonyl (C=O) groups excluding carboxylic acids is 2. The predicted molar refractivity (Wildman–Crippen MR) is 215 cm³/mol. The minimum absolute atomic E-state index is 0.00166. The van der Waals surface area contributed by atoms with Gasteiger partial charge in [0.05, 0.1) is 43.5 Å². The van der Waals surface area contributed by atoms with Crippen molar-refractivity contribution < 1.29 is 57.3 Å². The summed E-state index contributed by atoms with van der Waals surface area (Å²) < 4.78 is 55.3. The Labute approximate surface area is 346 Å². The van der Waals surface area contributed by atoms with E-state index in [1.165, 1.54) is 0 Å². The number of nitrogens with one attached hydrogen (secondary N) is 1. The highest BCUT2D eigenvalue weighted by molar-refractivity contribution is 5.99. The summed E-state index contributed by atoms with van der Waals surface area (Å²) in [6.45, 7) is 9.03. The third-order valence-electron chi connectivity index (χ3n) is 14.6. The van der Waals surface area contributed by atoms with E-state index in [-0.39, 0.29) is 78.5 Å². The minimum atomic E-state index is -0.751. The van der Waals surface area contributed by atoms with Crippen molar-refractivity contribution in [2.45, 2.75) is 165 Å². The molecule has 3 aliphatic carbocycles. The number of carbonyl (C=O) groups is 2. The van der Waals surface area contributed by atoms with Crippen LogP contribution in [0.5, 0.6) is 0 Å². The molecule has 0 aromatic heterocycles. The molecule has 14 heteroatoms. The number of hydrogen-bond donors (Lipinski definition) is 2. The van der Waals surface area contributed by atoms with Gasteiger partial charge in [0.2, 0.25) is 0 Å². The molecule has 0 aromatic carbocycles. The second-order valence-corrected chi connectivity index (χ2v) is 18.1. The first-order valence-corrected chi connectivity index (χ1v) is 22.1. The number of allylic oxidation sites excluding steroid dienone is 2. The van der Waals surface area contributed by atoms with Crippen molar-refractivity contribution >= 4 is 11.8 Å². The molecule has 6 aliphatic rings. The molecule has 3 heterocycles. The molecule has 0 amide bonds. The van der Waals surface area contributed by atoms with E-state index in [1.807, 2.05) is 20.8 Å². The Bertz CT molecular complexity index is 1380. The number of Topliss-reactive ketones (excluding diaryl/α,β-unsaturated/α-hetero) is 1. The summed E-state index contributed by atoms with van der Waals surface area (Å²) in [6.07, 6.45) is 3.77. The topological polar surface area (TPSA) is 153 Å². The van der Waals surface area contributed by atoms with Gasteiger partial charge in [0, 0.05) is 58.9 Å². The molecule has 0 spiro atoms. The lowest BCUT2D eigenvalue weighted by Crippen LogP contribution is -2.59. The lowest BCUT2D eigenvalue weighted by atomic mass is 9.62. The monoisotopic (exact) mass is 823 g/mol. The van der Waals surface area contributed by atoms with Crippen molar-refractivity contribution in [3.8, 4) is 0 Å². The van der Waals surface area contributed by atoms with Crippen molar-refractivity contribution in [2.24, 2.45) is 35.5 Å². The van der Waals surface area contributed by atoms with Gasteiger partial charge in [-0.2, -0.15) is 0 Å². The van der Waals surface area contributed by atoms with Gasteiger partial charge < -0.3 is 58.0 Å². The maximum atomic E-state index is 15.0. The molecule has 3 saturated heterocycles. The van der Waals surface area contributed by atoms with Crippen LogP contribution in [0.2, 0.25) is 0 Å².